The molecule has 1 aromatic carbocycles. The van der Waals surface area contributed by atoms with Gasteiger partial charge in [0.2, 0.25) is 0 Å². The van der Waals surface area contributed by atoms with Crippen molar-refractivity contribution in [2.24, 2.45) is 0 Å². The second-order valence-electron chi connectivity index (χ2n) is 5.60. The lowest BCUT2D eigenvalue weighted by molar-refractivity contribution is 0.0717. The van der Waals surface area contributed by atoms with Crippen molar-refractivity contribution in [3.63, 3.8) is 0 Å². The highest BCUT2D eigenvalue weighted by Crippen LogP contribution is 2.15. The lowest BCUT2D eigenvalue weighted by atomic mass is 9.99. The number of nitrogens with zero attached hydrogens (tertiary/aromatic N) is 2. The molecule has 0 fully saturated rings. The van der Waals surface area contributed by atoms with E-state index in [1.54, 1.807) is 0 Å². The van der Waals surface area contributed by atoms with E-state index < -0.39 is 0 Å². The molecule has 0 radical (unpaired) electrons. The topological polar surface area (TPSA) is 23.6 Å². The van der Waals surface area contributed by atoms with Gasteiger partial charge in [-0.05, 0) is 34.0 Å². The van der Waals surface area contributed by atoms with Crippen LogP contribution in [0.3, 0.4) is 0 Å². The van der Waals surface area contributed by atoms with Gasteiger partial charge in [0.05, 0.1) is 6.04 Å². The zero-order valence-corrected chi connectivity index (χ0v) is 13.5. The molecule has 20 heavy (non-hydrogen) atoms. The molecule has 0 N–H and O–H groups in total. The molecule has 112 valence electrons. The van der Waals surface area contributed by atoms with E-state index in [2.05, 4.69) is 44.7 Å². The van der Waals surface area contributed by atoms with E-state index in [9.17, 15) is 4.79 Å². The van der Waals surface area contributed by atoms with E-state index in [0.717, 1.165) is 25.1 Å². The van der Waals surface area contributed by atoms with Gasteiger partial charge in [-0.2, -0.15) is 0 Å². The van der Waals surface area contributed by atoms with Gasteiger partial charge in [-0.25, -0.2) is 0 Å². The highest BCUT2D eigenvalue weighted by atomic mass is 16.1. The quantitative estimate of drug-likeness (QED) is 0.682. The monoisotopic (exact) mass is 276 g/mol. The lowest BCUT2D eigenvalue weighted by Gasteiger charge is -2.35. The normalized spacial score (nSPS) is 14.6. The minimum atomic E-state index is -0.0302. The van der Waals surface area contributed by atoms with Gasteiger partial charge in [0, 0.05) is 18.2 Å². The molecule has 0 saturated carbocycles. The summed E-state index contributed by atoms with van der Waals surface area (Å²) in [5.74, 6) is 0.237. The van der Waals surface area contributed by atoms with Gasteiger partial charge in [-0.15, -0.1) is 0 Å². The first-order valence-corrected chi connectivity index (χ1v) is 7.50. The van der Waals surface area contributed by atoms with Gasteiger partial charge in [0.15, 0.2) is 5.78 Å². The zero-order chi connectivity index (χ0) is 15.1. The molecule has 1 rings (SSSR count). The van der Waals surface area contributed by atoms with Crippen molar-refractivity contribution in [1.29, 1.82) is 0 Å². The maximum atomic E-state index is 12.7. The van der Waals surface area contributed by atoms with Gasteiger partial charge >= 0.3 is 0 Å². The van der Waals surface area contributed by atoms with Crippen molar-refractivity contribution >= 4 is 5.78 Å². The molecule has 0 aliphatic carbocycles. The summed E-state index contributed by atoms with van der Waals surface area (Å²) in [6.07, 6.45) is 0.847. The molecular weight excluding hydrogens is 248 g/mol. The second kappa shape index (κ2) is 8.18. The van der Waals surface area contributed by atoms with Crippen LogP contribution in [0.1, 0.15) is 37.6 Å². The first-order chi connectivity index (χ1) is 9.51. The third-order valence-electron chi connectivity index (χ3n) is 3.71. The van der Waals surface area contributed by atoms with Crippen molar-refractivity contribution in [1.82, 2.24) is 9.80 Å². The number of Topliss-reactive ketones (excluding diaryl/α,β-unsaturated/α-hetero) is 1. The summed E-state index contributed by atoms with van der Waals surface area (Å²) in [6, 6.07) is 9.97. The first kappa shape index (κ1) is 16.9. The van der Waals surface area contributed by atoms with Crippen LogP contribution in [0.2, 0.25) is 0 Å². The Morgan fingerprint density at radius 1 is 1.15 bits per heavy atom. The van der Waals surface area contributed by atoms with Gasteiger partial charge in [0.25, 0.3) is 0 Å². The minimum absolute atomic E-state index is 0.0302. The molecule has 2 unspecified atom stereocenters. The van der Waals surface area contributed by atoms with Crippen molar-refractivity contribution in [3.05, 3.63) is 35.9 Å². The Morgan fingerprint density at radius 3 is 2.20 bits per heavy atom. The Morgan fingerprint density at radius 2 is 1.75 bits per heavy atom. The molecule has 0 aliphatic rings. The van der Waals surface area contributed by atoms with Crippen molar-refractivity contribution in [3.8, 4) is 0 Å². The van der Waals surface area contributed by atoms with Gasteiger partial charge in [-0.3, -0.25) is 9.69 Å². The van der Waals surface area contributed by atoms with Gasteiger partial charge < -0.3 is 4.90 Å². The maximum absolute atomic E-state index is 12.7. The van der Waals surface area contributed by atoms with Crippen molar-refractivity contribution in [2.45, 2.75) is 39.3 Å². The highest BCUT2D eigenvalue weighted by molar-refractivity contribution is 6.00. The van der Waals surface area contributed by atoms with Crippen LogP contribution in [-0.4, -0.2) is 54.9 Å². The van der Waals surface area contributed by atoms with E-state index in [1.165, 1.54) is 0 Å². The third-order valence-corrected chi connectivity index (χ3v) is 3.71. The number of ketones is 1. The fraction of sp³-hybridized carbons (Fsp3) is 0.588. The van der Waals surface area contributed by atoms with Crippen molar-refractivity contribution < 1.29 is 4.79 Å². The average molecular weight is 276 g/mol. The molecule has 2 atom stereocenters. The number of benzene rings is 1. The van der Waals surface area contributed by atoms with Crippen LogP contribution < -0.4 is 0 Å². The summed E-state index contributed by atoms with van der Waals surface area (Å²) < 4.78 is 0. The van der Waals surface area contributed by atoms with E-state index >= 15 is 0 Å². The number of hydrogen-bond acceptors (Lipinski definition) is 3. The molecule has 3 nitrogen and oxygen atoms in total. The molecule has 0 amide bonds. The largest absolute Gasteiger partial charge is 0.308 e. The van der Waals surface area contributed by atoms with E-state index in [0.29, 0.717) is 6.04 Å². The van der Waals surface area contributed by atoms with Crippen LogP contribution in [-0.2, 0) is 0 Å². The lowest BCUT2D eigenvalue weighted by Crippen LogP contribution is -2.49. The van der Waals surface area contributed by atoms with Gasteiger partial charge in [0.1, 0.15) is 0 Å². The number of hydrogen-bond donors (Lipinski definition) is 0. The van der Waals surface area contributed by atoms with Crippen LogP contribution in [0, 0.1) is 0 Å². The summed E-state index contributed by atoms with van der Waals surface area (Å²) in [5.41, 5.74) is 0.815. The molecule has 0 aromatic heterocycles. The van der Waals surface area contributed by atoms with E-state index in [-0.39, 0.29) is 11.8 Å². The van der Waals surface area contributed by atoms with Crippen LogP contribution in [0.25, 0.3) is 0 Å². The third kappa shape index (κ3) is 4.43. The zero-order valence-electron chi connectivity index (χ0n) is 13.5. The highest BCUT2D eigenvalue weighted by Gasteiger charge is 2.27. The summed E-state index contributed by atoms with van der Waals surface area (Å²) in [4.78, 5) is 17.2. The summed E-state index contributed by atoms with van der Waals surface area (Å²) in [7, 11) is 4.15. The van der Waals surface area contributed by atoms with Crippen LogP contribution in [0.15, 0.2) is 30.3 Å². The summed E-state index contributed by atoms with van der Waals surface area (Å²) >= 11 is 0. The summed E-state index contributed by atoms with van der Waals surface area (Å²) in [6.45, 7) is 8.28. The minimum Gasteiger partial charge on any atom is -0.308 e. The van der Waals surface area contributed by atoms with Crippen LogP contribution >= 0.6 is 0 Å². The number of carbonyl (C=O) groups excluding carboxylic acids is 1. The van der Waals surface area contributed by atoms with Crippen molar-refractivity contribution in [2.75, 3.05) is 27.2 Å². The van der Waals surface area contributed by atoms with Crippen LogP contribution in [0.4, 0.5) is 0 Å². The Kier molecular flexibility index (Phi) is 6.89. The number of rotatable bonds is 8. The van der Waals surface area contributed by atoms with Gasteiger partial charge in [-0.1, -0.05) is 44.2 Å². The molecular formula is C17H28N2O. The summed E-state index contributed by atoms with van der Waals surface area (Å²) in [5, 5.41) is 0. The maximum Gasteiger partial charge on any atom is 0.179 e. The first-order valence-electron chi connectivity index (χ1n) is 7.50. The molecule has 1 aromatic rings. The number of likely N-dealkylation sites (N-methyl/N-ethyl adjacent to an activating group) is 2. The molecule has 0 saturated heterocycles. The Bertz CT molecular complexity index is 403. The smallest absolute Gasteiger partial charge is 0.179 e. The standard InChI is InChI=1S/C17H28N2O/c1-6-16(17(20)15-11-9-8-10-12-15)19(7-2)14(3)13-18(4)5/h8-12,14,16H,6-7,13H2,1-5H3. The van der Waals surface area contributed by atoms with E-state index in [1.807, 2.05) is 30.3 Å². The Labute approximate surface area is 123 Å². The SMILES string of the molecule is CCC(C(=O)c1ccccc1)N(CC)C(C)CN(C)C. The fourth-order valence-corrected chi connectivity index (χ4v) is 2.84. The number of carbonyl (C=O) groups is 1. The molecule has 3 heteroatoms. The Hall–Kier alpha value is -1.19. The molecule has 0 spiro atoms. The van der Waals surface area contributed by atoms with Crippen LogP contribution in [0.5, 0.6) is 0 Å². The second-order valence-corrected chi connectivity index (χ2v) is 5.60. The predicted molar refractivity (Wildman–Crippen MR) is 85.2 cm³/mol. The predicted octanol–water partition coefficient (Wildman–Crippen LogP) is 2.92. The fourth-order valence-electron chi connectivity index (χ4n) is 2.84. The Balaban J connectivity index is 2.89. The molecule has 0 bridgehead atoms. The van der Waals surface area contributed by atoms with E-state index in [4.69, 9.17) is 0 Å². The average Bonchev–Trinajstić information content (AvgIpc) is 2.43. The molecule has 0 aliphatic heterocycles. The molecule has 0 heterocycles.